The molecule has 1 aliphatic carbocycles. The molecule has 0 saturated carbocycles. The number of ether oxygens (including phenoxy) is 1. The third kappa shape index (κ3) is 7.42. The Bertz CT molecular complexity index is 2300. The fourth-order valence-corrected chi connectivity index (χ4v) is 7.89. The molecule has 2 aromatic heterocycles. The van der Waals surface area contributed by atoms with E-state index in [1.54, 1.807) is 35.5 Å². The van der Waals surface area contributed by atoms with Crippen LogP contribution in [0.15, 0.2) is 79.0 Å². The van der Waals surface area contributed by atoms with Gasteiger partial charge in [0.25, 0.3) is 0 Å². The summed E-state index contributed by atoms with van der Waals surface area (Å²) in [6.07, 6.45) is 6.23. The summed E-state index contributed by atoms with van der Waals surface area (Å²) in [5.41, 5.74) is 8.93. The van der Waals surface area contributed by atoms with E-state index in [4.69, 9.17) is 14.6 Å². The Morgan fingerprint density at radius 3 is 2.48 bits per heavy atom. The zero-order valence-electron chi connectivity index (χ0n) is 31.8. The molecule has 5 aromatic rings. The summed E-state index contributed by atoms with van der Waals surface area (Å²) in [6.45, 7) is 4.94. The fourth-order valence-electron chi connectivity index (χ4n) is 7.89. The van der Waals surface area contributed by atoms with E-state index in [1.165, 1.54) is 12.7 Å². The number of amides is 2. The number of fused-ring (bicyclic) bond motifs is 3. The van der Waals surface area contributed by atoms with Gasteiger partial charge in [-0.15, -0.1) is 5.06 Å². The lowest BCUT2D eigenvalue weighted by Crippen LogP contribution is -2.51. The maximum Gasteiger partial charge on any atom is 0.407 e. The number of alkyl carbamates (subject to hydrolysis) is 1. The second kappa shape index (κ2) is 15.9. The number of rotatable bonds is 9. The van der Waals surface area contributed by atoms with Gasteiger partial charge in [0.1, 0.15) is 17.7 Å². The molecular formula is C44H45N7O5. The highest BCUT2D eigenvalue weighted by atomic mass is 16.7. The Labute approximate surface area is 326 Å². The number of nitrogens with one attached hydrogen (secondary N) is 3. The van der Waals surface area contributed by atoms with Crippen LogP contribution in [-0.2, 0) is 27.2 Å². The summed E-state index contributed by atoms with van der Waals surface area (Å²) in [5, 5.41) is 4.33. The van der Waals surface area contributed by atoms with E-state index >= 15 is 0 Å². The molecule has 0 bridgehead atoms. The minimum atomic E-state index is -0.679. The lowest BCUT2D eigenvalue weighted by molar-refractivity contribution is -0.135. The van der Waals surface area contributed by atoms with Crippen molar-refractivity contribution in [1.29, 1.82) is 0 Å². The minimum absolute atomic E-state index is 0.0973. The monoisotopic (exact) mass is 751 g/mol. The SMILES string of the molecule is COC(=O)N[C@H](C(=O)N1CCC[C@H]1c1nc2c([nH]1)CCCc1cc(-c3ccc(-c4cnc([C@@H]5C#CCCN5OC(=O)c5ccccc5)[nH]4)cc3)ccc1-2)C(C)C. The molecule has 12 heteroatoms. The highest BCUT2D eigenvalue weighted by Gasteiger charge is 2.38. The van der Waals surface area contributed by atoms with E-state index in [0.29, 0.717) is 30.9 Å². The van der Waals surface area contributed by atoms with Crippen molar-refractivity contribution in [2.24, 2.45) is 5.92 Å². The molecule has 1 fully saturated rings. The Balaban J connectivity index is 0.979. The van der Waals surface area contributed by atoms with Gasteiger partial charge in [0, 0.05) is 30.8 Å². The molecule has 1 saturated heterocycles. The molecule has 286 valence electrons. The first kappa shape index (κ1) is 36.8. The summed E-state index contributed by atoms with van der Waals surface area (Å²) in [4.78, 5) is 63.0. The molecular weight excluding hydrogens is 707 g/mol. The number of hydrogen-bond acceptors (Lipinski definition) is 8. The summed E-state index contributed by atoms with van der Waals surface area (Å²) in [5.74, 6) is 7.09. The van der Waals surface area contributed by atoms with E-state index in [9.17, 15) is 14.4 Å². The number of benzene rings is 3. The number of nitrogens with zero attached hydrogens (tertiary/aromatic N) is 4. The van der Waals surface area contributed by atoms with Crippen LogP contribution in [0.25, 0.3) is 33.6 Å². The highest BCUT2D eigenvalue weighted by Crippen LogP contribution is 2.38. The van der Waals surface area contributed by atoms with Crippen molar-refractivity contribution >= 4 is 18.0 Å². The summed E-state index contributed by atoms with van der Waals surface area (Å²) < 4.78 is 4.80. The Kier molecular flexibility index (Phi) is 10.4. The van der Waals surface area contributed by atoms with Gasteiger partial charge in [-0.05, 0) is 72.4 Å². The number of likely N-dealkylation sites (tertiary alicyclic amines) is 1. The molecule has 0 spiro atoms. The summed E-state index contributed by atoms with van der Waals surface area (Å²) >= 11 is 0. The second-order valence-corrected chi connectivity index (χ2v) is 14.8. The molecule has 3 aromatic carbocycles. The molecule has 3 atom stereocenters. The molecule has 3 N–H and O–H groups in total. The van der Waals surface area contributed by atoms with Crippen LogP contribution in [0.4, 0.5) is 4.79 Å². The van der Waals surface area contributed by atoms with Crippen LogP contribution < -0.4 is 5.32 Å². The van der Waals surface area contributed by atoms with Crippen LogP contribution >= 0.6 is 0 Å². The summed E-state index contributed by atoms with van der Waals surface area (Å²) in [7, 11) is 1.30. The van der Waals surface area contributed by atoms with Crippen LogP contribution in [0.3, 0.4) is 0 Å². The molecule has 3 aliphatic rings. The number of H-pyrrole nitrogens is 2. The molecule has 0 radical (unpaired) electrons. The van der Waals surface area contributed by atoms with Gasteiger partial charge < -0.3 is 29.8 Å². The van der Waals surface area contributed by atoms with Gasteiger partial charge in [-0.1, -0.05) is 86.4 Å². The van der Waals surface area contributed by atoms with Crippen molar-refractivity contribution in [1.82, 2.24) is 35.2 Å². The van der Waals surface area contributed by atoms with Crippen molar-refractivity contribution in [2.75, 3.05) is 20.2 Å². The standard InChI is InChI=1S/C44H45N7O5/c1-27(2)38(49-44(54)55-3)42(52)50-23-10-16-36(50)41-46-34-14-9-13-32-25-31(21-22-33(32)39(34)48-41)28-17-19-29(20-18-28)35-26-45-40(47-35)37-15-7-8-24-51(37)56-43(53)30-11-5-4-6-12-30/h4-6,11-12,17-22,25-27,36-38H,8-10,13-14,16,23-24H2,1-3H3,(H,45,47)(H,46,48)(H,49,54)/t36-,37-,38-/m0/s1. The number of hydroxylamine groups is 2. The van der Waals surface area contributed by atoms with E-state index in [0.717, 1.165) is 77.3 Å². The topological polar surface area (TPSA) is 146 Å². The highest BCUT2D eigenvalue weighted by molar-refractivity contribution is 5.89. The molecule has 12 nitrogen and oxygen atoms in total. The quantitative estimate of drug-likeness (QED) is 0.134. The first-order chi connectivity index (χ1) is 27.3. The number of aromatic amines is 2. The third-order valence-corrected chi connectivity index (χ3v) is 10.9. The maximum absolute atomic E-state index is 13.7. The molecule has 0 unspecified atom stereocenters. The fraction of sp³-hybridized carbons (Fsp3) is 0.341. The maximum atomic E-state index is 13.7. The minimum Gasteiger partial charge on any atom is -0.453 e. The van der Waals surface area contributed by atoms with Crippen LogP contribution in [0.5, 0.6) is 0 Å². The van der Waals surface area contributed by atoms with Gasteiger partial charge in [0.2, 0.25) is 5.91 Å². The first-order valence-corrected chi connectivity index (χ1v) is 19.3. The van der Waals surface area contributed by atoms with E-state index < -0.39 is 24.1 Å². The summed E-state index contributed by atoms with van der Waals surface area (Å²) in [6, 6.07) is 22.5. The average Bonchev–Trinajstić information content (AvgIpc) is 3.99. The molecule has 56 heavy (non-hydrogen) atoms. The van der Waals surface area contributed by atoms with E-state index in [1.807, 2.05) is 24.8 Å². The van der Waals surface area contributed by atoms with Crippen LogP contribution in [-0.4, -0.2) is 74.1 Å². The van der Waals surface area contributed by atoms with Crippen LogP contribution in [0.2, 0.25) is 0 Å². The molecule has 4 heterocycles. The Morgan fingerprint density at radius 1 is 0.911 bits per heavy atom. The van der Waals surface area contributed by atoms with Gasteiger partial charge >= 0.3 is 12.1 Å². The normalized spacial score (nSPS) is 18.2. The van der Waals surface area contributed by atoms with E-state index in [2.05, 4.69) is 74.6 Å². The van der Waals surface area contributed by atoms with Gasteiger partial charge in [-0.25, -0.2) is 19.6 Å². The van der Waals surface area contributed by atoms with Gasteiger partial charge in [-0.2, -0.15) is 0 Å². The van der Waals surface area contributed by atoms with Crippen molar-refractivity contribution in [3.8, 4) is 45.5 Å². The van der Waals surface area contributed by atoms with Gasteiger partial charge in [0.15, 0.2) is 6.04 Å². The van der Waals surface area contributed by atoms with Crippen molar-refractivity contribution < 1.29 is 24.0 Å². The zero-order valence-corrected chi connectivity index (χ0v) is 31.8. The number of imidazole rings is 2. The lowest BCUT2D eigenvalue weighted by Gasteiger charge is -2.30. The van der Waals surface area contributed by atoms with Gasteiger partial charge in [-0.3, -0.25) is 4.79 Å². The smallest absolute Gasteiger partial charge is 0.407 e. The van der Waals surface area contributed by atoms with Gasteiger partial charge in [0.05, 0.1) is 36.3 Å². The number of carbonyl (C=O) groups excluding carboxylic acids is 3. The number of methoxy groups -OCH3 is 1. The Hall–Kier alpha value is -6.19. The second-order valence-electron chi connectivity index (χ2n) is 14.8. The zero-order chi connectivity index (χ0) is 38.8. The molecule has 8 rings (SSSR count). The number of carbonyl (C=O) groups is 3. The van der Waals surface area contributed by atoms with Crippen LogP contribution in [0, 0.1) is 17.8 Å². The third-order valence-electron chi connectivity index (χ3n) is 10.9. The molecule has 2 aliphatic heterocycles. The largest absolute Gasteiger partial charge is 0.453 e. The molecule has 2 amide bonds. The predicted molar refractivity (Wildman–Crippen MR) is 211 cm³/mol. The number of aromatic nitrogens is 4. The first-order valence-electron chi connectivity index (χ1n) is 19.3. The van der Waals surface area contributed by atoms with Crippen molar-refractivity contribution in [3.63, 3.8) is 0 Å². The number of hydrogen-bond donors (Lipinski definition) is 3. The van der Waals surface area contributed by atoms with Crippen molar-refractivity contribution in [3.05, 3.63) is 107 Å². The van der Waals surface area contributed by atoms with E-state index in [-0.39, 0.29) is 17.9 Å². The lowest BCUT2D eigenvalue weighted by atomic mass is 9.95. The van der Waals surface area contributed by atoms with Crippen LogP contribution in [0.1, 0.15) is 84.9 Å². The number of aryl methyl sites for hydroxylation is 2. The predicted octanol–water partition coefficient (Wildman–Crippen LogP) is 7.19. The Morgan fingerprint density at radius 2 is 1.70 bits per heavy atom. The van der Waals surface area contributed by atoms with Crippen molar-refractivity contribution in [2.45, 2.75) is 70.5 Å². The average molecular weight is 752 g/mol.